The van der Waals surface area contributed by atoms with E-state index in [-0.39, 0.29) is 0 Å². The van der Waals surface area contributed by atoms with Crippen molar-refractivity contribution in [1.29, 1.82) is 5.26 Å². The molecule has 0 atom stereocenters. The van der Waals surface area contributed by atoms with Gasteiger partial charge in [0.1, 0.15) is 11.8 Å². The van der Waals surface area contributed by atoms with Crippen molar-refractivity contribution >= 4 is 17.5 Å². The van der Waals surface area contributed by atoms with Gasteiger partial charge in [-0.2, -0.15) is 5.26 Å². The topological polar surface area (TPSA) is 52.8 Å². The largest absolute Gasteiger partial charge is 0.340 e. The van der Waals surface area contributed by atoms with Crippen molar-refractivity contribution in [2.45, 2.75) is 13.5 Å². The van der Waals surface area contributed by atoms with Crippen LogP contribution in [0.5, 0.6) is 0 Å². The zero-order valence-corrected chi connectivity index (χ0v) is 11.5. The maximum Gasteiger partial charge on any atom is 0.226 e. The van der Waals surface area contributed by atoms with Gasteiger partial charge in [-0.3, -0.25) is 0 Å². The molecule has 4 nitrogen and oxygen atoms in total. The summed E-state index contributed by atoms with van der Waals surface area (Å²) in [5.41, 5.74) is 2.22. The number of hydrogen-bond donors (Lipinski definition) is 0. The minimum atomic E-state index is 0.375. The molecule has 0 saturated carbocycles. The van der Waals surface area contributed by atoms with Gasteiger partial charge in [0.25, 0.3) is 0 Å². The number of anilines is 1. The lowest BCUT2D eigenvalue weighted by molar-refractivity contribution is 0.856. The Morgan fingerprint density at radius 1 is 1.32 bits per heavy atom. The van der Waals surface area contributed by atoms with Crippen LogP contribution in [0.1, 0.15) is 17.0 Å². The van der Waals surface area contributed by atoms with Crippen molar-refractivity contribution in [1.82, 2.24) is 9.97 Å². The van der Waals surface area contributed by atoms with E-state index in [1.807, 2.05) is 49.2 Å². The number of aryl methyl sites for hydroxylation is 1. The summed E-state index contributed by atoms with van der Waals surface area (Å²) in [5, 5.41) is 9.62. The molecule has 1 aromatic heterocycles. The van der Waals surface area contributed by atoms with Crippen molar-refractivity contribution in [2.24, 2.45) is 0 Å². The summed E-state index contributed by atoms with van der Waals surface area (Å²) in [6, 6.07) is 11.3. The highest BCUT2D eigenvalue weighted by Gasteiger charge is 2.08. The quantitative estimate of drug-likeness (QED) is 0.862. The molecule has 1 aromatic carbocycles. The minimum Gasteiger partial charge on any atom is -0.340 e. The highest BCUT2D eigenvalue weighted by Crippen LogP contribution is 2.15. The third-order valence-corrected chi connectivity index (χ3v) is 2.84. The lowest BCUT2D eigenvalue weighted by atomic mass is 10.2. The molecule has 0 aliphatic rings. The predicted molar refractivity (Wildman–Crippen MR) is 75.0 cm³/mol. The Bertz CT molecular complexity index is 634. The number of aromatic nitrogens is 2. The Morgan fingerprint density at radius 2 is 2.11 bits per heavy atom. The molecule has 2 aromatic rings. The molecule has 1 heterocycles. The van der Waals surface area contributed by atoms with Crippen molar-refractivity contribution in [3.05, 3.63) is 52.3 Å². The monoisotopic (exact) mass is 272 g/mol. The Labute approximate surface area is 117 Å². The number of benzene rings is 1. The van der Waals surface area contributed by atoms with Gasteiger partial charge < -0.3 is 4.90 Å². The molecule has 0 spiro atoms. The summed E-state index contributed by atoms with van der Waals surface area (Å²) < 4.78 is 0. The molecule has 5 heteroatoms. The van der Waals surface area contributed by atoms with Gasteiger partial charge in [0.2, 0.25) is 5.95 Å². The second-order valence-corrected chi connectivity index (χ2v) is 4.73. The van der Waals surface area contributed by atoms with E-state index in [2.05, 4.69) is 9.97 Å². The molecule has 0 amide bonds. The van der Waals surface area contributed by atoms with Crippen molar-refractivity contribution in [2.75, 3.05) is 11.9 Å². The summed E-state index contributed by atoms with van der Waals surface area (Å²) in [7, 11) is 1.89. The number of halogens is 1. The maximum absolute atomic E-state index is 8.92. The van der Waals surface area contributed by atoms with E-state index in [9.17, 15) is 0 Å². The van der Waals surface area contributed by atoms with Gasteiger partial charge in [-0.15, -0.1) is 0 Å². The maximum atomic E-state index is 8.92. The smallest absolute Gasteiger partial charge is 0.226 e. The second-order valence-electron chi connectivity index (χ2n) is 4.29. The molecule has 0 radical (unpaired) electrons. The molecule has 0 saturated heterocycles. The molecule has 0 N–H and O–H groups in total. The van der Waals surface area contributed by atoms with E-state index in [0.717, 1.165) is 11.3 Å². The van der Waals surface area contributed by atoms with Gasteiger partial charge in [-0.1, -0.05) is 23.7 Å². The molecule has 0 fully saturated rings. The molecule has 0 unspecified atom stereocenters. The van der Waals surface area contributed by atoms with Crippen LogP contribution in [-0.2, 0) is 6.54 Å². The SMILES string of the molecule is Cc1cc(C#N)nc(N(C)Cc2cccc(Cl)c2)n1. The third-order valence-electron chi connectivity index (χ3n) is 2.61. The number of nitrogens with zero attached hydrogens (tertiary/aromatic N) is 4. The summed E-state index contributed by atoms with van der Waals surface area (Å²) in [5.74, 6) is 0.538. The normalized spacial score (nSPS) is 10.0. The van der Waals surface area contributed by atoms with Crippen LogP contribution in [0.4, 0.5) is 5.95 Å². The van der Waals surface area contributed by atoms with E-state index in [1.165, 1.54) is 0 Å². The summed E-state index contributed by atoms with van der Waals surface area (Å²) in [6.45, 7) is 2.48. The van der Waals surface area contributed by atoms with E-state index >= 15 is 0 Å². The summed E-state index contributed by atoms with van der Waals surface area (Å²) in [6.07, 6.45) is 0. The fourth-order valence-electron chi connectivity index (χ4n) is 1.76. The van der Waals surface area contributed by atoms with E-state index in [4.69, 9.17) is 16.9 Å². The first kappa shape index (κ1) is 13.3. The highest BCUT2D eigenvalue weighted by molar-refractivity contribution is 6.30. The minimum absolute atomic E-state index is 0.375. The van der Waals surface area contributed by atoms with Gasteiger partial charge in [-0.25, -0.2) is 9.97 Å². The summed E-state index contributed by atoms with van der Waals surface area (Å²) >= 11 is 5.95. The molecule has 19 heavy (non-hydrogen) atoms. The molecule has 96 valence electrons. The fourth-order valence-corrected chi connectivity index (χ4v) is 1.97. The van der Waals surface area contributed by atoms with Gasteiger partial charge in [0, 0.05) is 24.3 Å². The van der Waals surface area contributed by atoms with Gasteiger partial charge in [-0.05, 0) is 30.7 Å². The van der Waals surface area contributed by atoms with Crippen molar-refractivity contribution in [3.63, 3.8) is 0 Å². The first-order valence-electron chi connectivity index (χ1n) is 5.80. The van der Waals surface area contributed by atoms with Gasteiger partial charge >= 0.3 is 0 Å². The Balaban J connectivity index is 2.23. The Morgan fingerprint density at radius 3 is 2.79 bits per heavy atom. The van der Waals surface area contributed by atoms with Crippen LogP contribution in [-0.4, -0.2) is 17.0 Å². The standard InChI is InChI=1S/C14H13ClN4/c1-10-6-13(8-16)18-14(17-10)19(2)9-11-4-3-5-12(15)7-11/h3-7H,9H2,1-2H3. The van der Waals surface area contributed by atoms with Crippen LogP contribution < -0.4 is 4.90 Å². The lowest BCUT2D eigenvalue weighted by Gasteiger charge is -2.17. The lowest BCUT2D eigenvalue weighted by Crippen LogP contribution is -2.19. The van der Waals surface area contributed by atoms with Crippen LogP contribution >= 0.6 is 11.6 Å². The van der Waals surface area contributed by atoms with Crippen LogP contribution in [0.15, 0.2) is 30.3 Å². The fraction of sp³-hybridized carbons (Fsp3) is 0.214. The van der Waals surface area contributed by atoms with Crippen molar-refractivity contribution in [3.8, 4) is 6.07 Å². The molecular formula is C14H13ClN4. The van der Waals surface area contributed by atoms with E-state index in [1.54, 1.807) is 6.07 Å². The Hall–Kier alpha value is -2.12. The number of hydrogen-bond acceptors (Lipinski definition) is 4. The average molecular weight is 273 g/mol. The van der Waals surface area contributed by atoms with Crippen LogP contribution in [0.2, 0.25) is 5.02 Å². The number of nitriles is 1. The first-order chi connectivity index (χ1) is 9.08. The highest BCUT2D eigenvalue weighted by atomic mass is 35.5. The van der Waals surface area contributed by atoms with Crippen LogP contribution in [0.25, 0.3) is 0 Å². The zero-order valence-electron chi connectivity index (χ0n) is 10.8. The zero-order chi connectivity index (χ0) is 13.8. The first-order valence-corrected chi connectivity index (χ1v) is 6.17. The van der Waals surface area contributed by atoms with Crippen LogP contribution in [0.3, 0.4) is 0 Å². The molecular weight excluding hydrogens is 260 g/mol. The summed E-state index contributed by atoms with van der Waals surface area (Å²) in [4.78, 5) is 10.4. The Kier molecular flexibility index (Phi) is 3.98. The van der Waals surface area contributed by atoms with E-state index < -0.39 is 0 Å². The molecule has 2 rings (SSSR count). The number of rotatable bonds is 3. The van der Waals surface area contributed by atoms with Crippen molar-refractivity contribution < 1.29 is 0 Å². The van der Waals surface area contributed by atoms with Crippen LogP contribution in [0, 0.1) is 18.3 Å². The van der Waals surface area contributed by atoms with Gasteiger partial charge in [0.15, 0.2) is 0 Å². The average Bonchev–Trinajstić information content (AvgIpc) is 2.38. The molecule has 0 bridgehead atoms. The molecule has 0 aliphatic heterocycles. The predicted octanol–water partition coefficient (Wildman–Crippen LogP) is 2.95. The van der Waals surface area contributed by atoms with E-state index in [0.29, 0.717) is 23.2 Å². The second kappa shape index (κ2) is 5.68. The van der Waals surface area contributed by atoms with Gasteiger partial charge in [0.05, 0.1) is 0 Å². The molecule has 0 aliphatic carbocycles. The third kappa shape index (κ3) is 3.43.